The Bertz CT molecular complexity index is 1230. The first-order valence-corrected chi connectivity index (χ1v) is 11.0. The number of anilines is 1. The number of pyridine rings is 1. The van der Waals surface area contributed by atoms with Crippen molar-refractivity contribution >= 4 is 45.3 Å². The van der Waals surface area contributed by atoms with Crippen LogP contribution in [0.25, 0.3) is 10.9 Å². The molecule has 30 heavy (non-hydrogen) atoms. The summed E-state index contributed by atoms with van der Waals surface area (Å²) in [5.74, 6) is 0. The van der Waals surface area contributed by atoms with Crippen molar-refractivity contribution < 1.29 is 0 Å². The molecule has 2 aromatic carbocycles. The zero-order chi connectivity index (χ0) is 21.1. The molecule has 0 aliphatic carbocycles. The number of hydrogen-bond donors (Lipinski definition) is 2. The quantitative estimate of drug-likeness (QED) is 0.402. The molecule has 4 rings (SSSR count). The van der Waals surface area contributed by atoms with Crippen LogP contribution in [0, 0.1) is 13.8 Å². The van der Waals surface area contributed by atoms with Crippen molar-refractivity contribution in [3.8, 4) is 0 Å². The van der Waals surface area contributed by atoms with E-state index < -0.39 is 0 Å². The van der Waals surface area contributed by atoms with Crippen LogP contribution < -0.4 is 10.9 Å². The van der Waals surface area contributed by atoms with Gasteiger partial charge >= 0.3 is 0 Å². The monoisotopic (exact) mass is 433 g/mol. The maximum absolute atomic E-state index is 12.8. The van der Waals surface area contributed by atoms with Crippen LogP contribution in [-0.2, 0) is 13.1 Å². The van der Waals surface area contributed by atoms with Crippen LogP contribution in [0.5, 0.6) is 0 Å². The fraction of sp³-hybridized carbons (Fsp3) is 0.167. The first-order chi connectivity index (χ1) is 14.5. The van der Waals surface area contributed by atoms with Gasteiger partial charge in [0.2, 0.25) is 0 Å². The molecule has 152 valence electrons. The van der Waals surface area contributed by atoms with E-state index in [1.165, 1.54) is 10.4 Å². The average molecular weight is 434 g/mol. The maximum Gasteiger partial charge on any atom is 0.253 e. The Morgan fingerprint density at radius 1 is 1.07 bits per heavy atom. The third kappa shape index (κ3) is 4.61. The van der Waals surface area contributed by atoms with Crippen LogP contribution in [0.2, 0.25) is 0 Å². The third-order valence-corrected chi connectivity index (χ3v) is 6.19. The molecule has 0 saturated heterocycles. The molecule has 0 amide bonds. The number of H-pyrrole nitrogens is 1. The van der Waals surface area contributed by atoms with Gasteiger partial charge in [-0.05, 0) is 72.7 Å². The van der Waals surface area contributed by atoms with Gasteiger partial charge in [0.25, 0.3) is 5.56 Å². The number of thiophene rings is 1. The molecule has 0 radical (unpaired) electrons. The Hall–Kier alpha value is -2.96. The summed E-state index contributed by atoms with van der Waals surface area (Å²) in [4.78, 5) is 19.1. The molecular formula is C24H23N3OS2. The van der Waals surface area contributed by atoms with Crippen molar-refractivity contribution in [3.63, 3.8) is 0 Å². The van der Waals surface area contributed by atoms with E-state index in [1.807, 2.05) is 54.3 Å². The molecule has 4 aromatic rings. The predicted octanol–water partition coefficient (Wildman–Crippen LogP) is 5.61. The van der Waals surface area contributed by atoms with E-state index in [-0.39, 0.29) is 5.56 Å². The van der Waals surface area contributed by atoms with Crippen molar-refractivity contribution in [2.45, 2.75) is 26.9 Å². The van der Waals surface area contributed by atoms with Crippen molar-refractivity contribution in [2.75, 3.05) is 5.32 Å². The van der Waals surface area contributed by atoms with Gasteiger partial charge in [0.1, 0.15) is 0 Å². The first-order valence-electron chi connectivity index (χ1n) is 9.76. The van der Waals surface area contributed by atoms with Crippen molar-refractivity contribution in [3.05, 3.63) is 98.0 Å². The molecule has 0 fully saturated rings. The van der Waals surface area contributed by atoms with Gasteiger partial charge in [-0.3, -0.25) is 4.79 Å². The summed E-state index contributed by atoms with van der Waals surface area (Å²) >= 11 is 7.40. The van der Waals surface area contributed by atoms with E-state index in [9.17, 15) is 4.79 Å². The number of nitrogens with one attached hydrogen (secondary N) is 2. The Balaban J connectivity index is 1.66. The summed E-state index contributed by atoms with van der Waals surface area (Å²) in [5.41, 5.74) is 4.69. The lowest BCUT2D eigenvalue weighted by Crippen LogP contribution is -2.35. The minimum absolute atomic E-state index is 0.0758. The van der Waals surface area contributed by atoms with E-state index in [0.717, 1.165) is 22.2 Å². The minimum Gasteiger partial charge on any atom is -0.339 e. The van der Waals surface area contributed by atoms with E-state index >= 15 is 0 Å². The molecule has 0 saturated carbocycles. The van der Waals surface area contributed by atoms with E-state index in [0.29, 0.717) is 23.8 Å². The Morgan fingerprint density at radius 2 is 1.87 bits per heavy atom. The highest BCUT2D eigenvalue weighted by Gasteiger charge is 2.15. The highest BCUT2D eigenvalue weighted by atomic mass is 32.1. The van der Waals surface area contributed by atoms with E-state index in [2.05, 4.69) is 40.8 Å². The standard InChI is InChI=1S/C24H23N3OS2/c1-16-11-17(2)22-18(12-16)13-19(23(28)26-22)14-27(15-21-9-6-10-30-21)24(29)25-20-7-4-3-5-8-20/h3-13H,14-15H2,1-2H3,(H,25,29)(H,26,28). The van der Waals surface area contributed by atoms with Gasteiger partial charge in [-0.1, -0.05) is 35.9 Å². The fourth-order valence-corrected chi connectivity index (χ4v) is 4.54. The van der Waals surface area contributed by atoms with Gasteiger partial charge in [0.05, 0.1) is 18.6 Å². The zero-order valence-electron chi connectivity index (χ0n) is 16.9. The zero-order valence-corrected chi connectivity index (χ0v) is 18.6. The van der Waals surface area contributed by atoms with E-state index in [4.69, 9.17) is 12.2 Å². The number of aromatic nitrogens is 1. The molecule has 4 nitrogen and oxygen atoms in total. The molecule has 0 aliphatic rings. The number of aromatic amines is 1. The highest BCUT2D eigenvalue weighted by Crippen LogP contribution is 2.20. The van der Waals surface area contributed by atoms with Crippen molar-refractivity contribution in [1.29, 1.82) is 0 Å². The van der Waals surface area contributed by atoms with Gasteiger partial charge in [-0.25, -0.2) is 0 Å². The molecule has 0 bridgehead atoms. The number of benzene rings is 2. The number of hydrogen-bond acceptors (Lipinski definition) is 3. The topological polar surface area (TPSA) is 48.1 Å². The maximum atomic E-state index is 12.8. The molecule has 2 aromatic heterocycles. The smallest absolute Gasteiger partial charge is 0.253 e. The minimum atomic E-state index is -0.0758. The largest absolute Gasteiger partial charge is 0.339 e. The number of aryl methyl sites for hydroxylation is 2. The average Bonchev–Trinajstić information content (AvgIpc) is 3.22. The number of nitrogens with zero attached hydrogens (tertiary/aromatic N) is 1. The van der Waals surface area contributed by atoms with Crippen molar-refractivity contribution in [2.24, 2.45) is 0 Å². The lowest BCUT2D eigenvalue weighted by Gasteiger charge is -2.25. The number of rotatable bonds is 5. The molecule has 0 spiro atoms. The SMILES string of the molecule is Cc1cc(C)c2[nH]c(=O)c(CN(Cc3cccs3)C(=S)Nc3ccccc3)cc2c1. The first kappa shape index (κ1) is 20.3. The summed E-state index contributed by atoms with van der Waals surface area (Å²) in [6.45, 7) is 5.15. The Labute approximate surface area is 185 Å². The van der Waals surface area contributed by atoms with Crippen LogP contribution in [0.1, 0.15) is 21.6 Å². The number of para-hydroxylation sites is 1. The molecule has 0 atom stereocenters. The predicted molar refractivity (Wildman–Crippen MR) is 130 cm³/mol. The molecule has 0 unspecified atom stereocenters. The highest BCUT2D eigenvalue weighted by molar-refractivity contribution is 7.80. The van der Waals surface area contributed by atoms with Gasteiger partial charge in [0.15, 0.2) is 5.11 Å². The second kappa shape index (κ2) is 8.81. The van der Waals surface area contributed by atoms with Crippen LogP contribution in [0.4, 0.5) is 5.69 Å². The number of fused-ring (bicyclic) bond motifs is 1. The number of thiocarbonyl (C=S) groups is 1. The second-order valence-electron chi connectivity index (χ2n) is 7.40. The Kier molecular flexibility index (Phi) is 5.97. The van der Waals surface area contributed by atoms with Crippen LogP contribution in [-0.4, -0.2) is 15.0 Å². The molecule has 2 N–H and O–H groups in total. The van der Waals surface area contributed by atoms with Crippen molar-refractivity contribution in [1.82, 2.24) is 9.88 Å². The van der Waals surface area contributed by atoms with Gasteiger partial charge in [-0.15, -0.1) is 11.3 Å². The summed E-state index contributed by atoms with van der Waals surface area (Å²) in [5, 5.41) is 6.98. The molecule has 6 heteroatoms. The Morgan fingerprint density at radius 3 is 2.60 bits per heavy atom. The lowest BCUT2D eigenvalue weighted by molar-refractivity contribution is 0.415. The van der Waals surface area contributed by atoms with Gasteiger partial charge < -0.3 is 15.2 Å². The van der Waals surface area contributed by atoms with Crippen LogP contribution in [0.15, 0.2) is 70.8 Å². The van der Waals surface area contributed by atoms with Gasteiger partial charge in [-0.2, -0.15) is 0 Å². The summed E-state index contributed by atoms with van der Waals surface area (Å²) in [6, 6.07) is 20.1. The summed E-state index contributed by atoms with van der Waals surface area (Å²) < 4.78 is 0. The lowest BCUT2D eigenvalue weighted by atomic mass is 10.1. The van der Waals surface area contributed by atoms with Crippen LogP contribution in [0.3, 0.4) is 0 Å². The molecular weight excluding hydrogens is 410 g/mol. The third-order valence-electron chi connectivity index (χ3n) is 4.97. The normalized spacial score (nSPS) is 10.9. The summed E-state index contributed by atoms with van der Waals surface area (Å²) in [6.07, 6.45) is 0. The second-order valence-corrected chi connectivity index (χ2v) is 8.82. The molecule has 0 aliphatic heterocycles. The summed E-state index contributed by atoms with van der Waals surface area (Å²) in [7, 11) is 0. The molecule has 2 heterocycles. The van der Waals surface area contributed by atoms with Crippen LogP contribution >= 0.6 is 23.6 Å². The van der Waals surface area contributed by atoms with E-state index in [1.54, 1.807) is 11.3 Å². The fourth-order valence-electron chi connectivity index (χ4n) is 3.57. The van der Waals surface area contributed by atoms with Gasteiger partial charge in [0, 0.05) is 16.1 Å².